The van der Waals surface area contributed by atoms with E-state index in [0.29, 0.717) is 6.54 Å². The van der Waals surface area contributed by atoms with Crippen molar-refractivity contribution in [3.8, 4) is 0 Å². The Hall–Kier alpha value is -1.84. The van der Waals surface area contributed by atoms with Crippen molar-refractivity contribution in [2.24, 2.45) is 5.92 Å². The van der Waals surface area contributed by atoms with Crippen molar-refractivity contribution in [1.82, 2.24) is 5.32 Å². The Labute approximate surface area is 113 Å². The summed E-state index contributed by atoms with van der Waals surface area (Å²) in [6.45, 7) is 7.88. The van der Waals surface area contributed by atoms with Crippen molar-refractivity contribution in [2.45, 2.75) is 33.1 Å². The summed E-state index contributed by atoms with van der Waals surface area (Å²) in [6.07, 6.45) is 0. The van der Waals surface area contributed by atoms with Gasteiger partial charge >= 0.3 is 5.97 Å². The first-order valence-corrected chi connectivity index (χ1v) is 6.32. The van der Waals surface area contributed by atoms with Crippen LogP contribution in [-0.2, 0) is 15.0 Å². The first-order valence-electron chi connectivity index (χ1n) is 6.32. The van der Waals surface area contributed by atoms with Crippen molar-refractivity contribution in [3.63, 3.8) is 0 Å². The zero-order chi connectivity index (χ0) is 14.6. The lowest BCUT2D eigenvalue weighted by atomic mass is 9.82. The maximum absolute atomic E-state index is 11.7. The highest BCUT2D eigenvalue weighted by atomic mass is 16.4. The molecule has 0 radical (unpaired) electrons. The number of hydrogen-bond acceptors (Lipinski definition) is 2. The number of aryl methyl sites for hydroxylation is 1. The second-order valence-corrected chi connectivity index (χ2v) is 5.48. The highest BCUT2D eigenvalue weighted by molar-refractivity contribution is 5.96. The summed E-state index contributed by atoms with van der Waals surface area (Å²) in [5.41, 5.74) is 2.07. The highest BCUT2D eigenvalue weighted by Gasteiger charge is 2.26. The van der Waals surface area contributed by atoms with E-state index < -0.39 is 17.8 Å². The maximum Gasteiger partial charge on any atom is 0.315 e. The van der Waals surface area contributed by atoms with Gasteiger partial charge in [0.05, 0.1) is 0 Å². The molecule has 0 aromatic heterocycles. The van der Waals surface area contributed by atoms with Gasteiger partial charge in [0, 0.05) is 12.0 Å². The van der Waals surface area contributed by atoms with Gasteiger partial charge in [0.1, 0.15) is 5.92 Å². The Morgan fingerprint density at radius 1 is 1.32 bits per heavy atom. The molecule has 19 heavy (non-hydrogen) atoms. The second kappa shape index (κ2) is 5.87. The fourth-order valence-corrected chi connectivity index (χ4v) is 2.00. The van der Waals surface area contributed by atoms with Crippen LogP contribution < -0.4 is 5.32 Å². The number of nitrogens with one attached hydrogen (secondary N) is 1. The molecule has 0 bridgehead atoms. The molecule has 0 aliphatic rings. The molecule has 1 aromatic carbocycles. The number of rotatable bonds is 5. The van der Waals surface area contributed by atoms with Gasteiger partial charge < -0.3 is 10.4 Å². The number of benzene rings is 1. The number of carbonyl (C=O) groups is 2. The Bertz CT molecular complexity index is 480. The first kappa shape index (κ1) is 15.2. The molecule has 1 unspecified atom stereocenters. The fourth-order valence-electron chi connectivity index (χ4n) is 2.00. The molecule has 0 saturated heterocycles. The van der Waals surface area contributed by atoms with Gasteiger partial charge in [-0.2, -0.15) is 0 Å². The van der Waals surface area contributed by atoms with Crippen LogP contribution in [0.15, 0.2) is 24.3 Å². The summed E-state index contributed by atoms with van der Waals surface area (Å²) in [5.74, 6) is -2.58. The molecule has 1 rings (SSSR count). The Morgan fingerprint density at radius 3 is 2.42 bits per heavy atom. The zero-order valence-electron chi connectivity index (χ0n) is 11.9. The number of amides is 1. The molecule has 2 N–H and O–H groups in total. The van der Waals surface area contributed by atoms with Crippen LogP contribution >= 0.6 is 0 Å². The van der Waals surface area contributed by atoms with Gasteiger partial charge in [0.25, 0.3) is 0 Å². The number of hydrogen-bond donors (Lipinski definition) is 2. The molecular weight excluding hydrogens is 242 g/mol. The minimum Gasteiger partial charge on any atom is -0.481 e. The third-order valence-electron chi connectivity index (χ3n) is 3.34. The van der Waals surface area contributed by atoms with Crippen LogP contribution in [0, 0.1) is 12.8 Å². The Morgan fingerprint density at radius 2 is 1.89 bits per heavy atom. The van der Waals surface area contributed by atoms with E-state index in [-0.39, 0.29) is 5.41 Å². The lowest BCUT2D eigenvalue weighted by Crippen LogP contribution is -2.41. The van der Waals surface area contributed by atoms with Gasteiger partial charge in [-0.05, 0) is 25.0 Å². The van der Waals surface area contributed by atoms with Crippen LogP contribution in [-0.4, -0.2) is 23.5 Å². The summed E-state index contributed by atoms with van der Waals surface area (Å²) in [6, 6.07) is 7.99. The molecular formula is C15H21NO3. The fraction of sp³-hybridized carbons (Fsp3) is 0.467. The van der Waals surface area contributed by atoms with Gasteiger partial charge in [-0.15, -0.1) is 0 Å². The monoisotopic (exact) mass is 263 g/mol. The van der Waals surface area contributed by atoms with Crippen molar-refractivity contribution < 1.29 is 14.7 Å². The highest BCUT2D eigenvalue weighted by Crippen LogP contribution is 2.25. The minimum absolute atomic E-state index is 0.237. The number of carbonyl (C=O) groups excluding carboxylic acids is 1. The zero-order valence-corrected chi connectivity index (χ0v) is 11.9. The molecule has 0 spiro atoms. The predicted octanol–water partition coefficient (Wildman–Crippen LogP) is 2.11. The van der Waals surface area contributed by atoms with Crippen LogP contribution in [0.25, 0.3) is 0 Å². The van der Waals surface area contributed by atoms with Gasteiger partial charge in [0.2, 0.25) is 5.91 Å². The van der Waals surface area contributed by atoms with Gasteiger partial charge in [-0.3, -0.25) is 9.59 Å². The van der Waals surface area contributed by atoms with E-state index in [1.165, 1.54) is 6.92 Å². The summed E-state index contributed by atoms with van der Waals surface area (Å²) in [5, 5.41) is 11.5. The molecule has 0 aliphatic carbocycles. The Balaban J connectivity index is 2.74. The summed E-state index contributed by atoms with van der Waals surface area (Å²) < 4.78 is 0. The van der Waals surface area contributed by atoms with Gasteiger partial charge in [-0.1, -0.05) is 38.1 Å². The molecule has 104 valence electrons. The second-order valence-electron chi connectivity index (χ2n) is 5.48. The molecule has 0 fully saturated rings. The van der Waals surface area contributed by atoms with E-state index in [4.69, 9.17) is 5.11 Å². The van der Waals surface area contributed by atoms with Crippen molar-refractivity contribution in [1.29, 1.82) is 0 Å². The third-order valence-corrected chi connectivity index (χ3v) is 3.34. The lowest BCUT2D eigenvalue weighted by molar-refractivity contribution is -0.146. The summed E-state index contributed by atoms with van der Waals surface area (Å²) >= 11 is 0. The minimum atomic E-state index is -1.11. The van der Waals surface area contributed by atoms with Crippen LogP contribution in [0.2, 0.25) is 0 Å². The quantitative estimate of drug-likeness (QED) is 0.800. The maximum atomic E-state index is 11.7. The molecule has 0 aliphatic heterocycles. The predicted molar refractivity (Wildman–Crippen MR) is 74.0 cm³/mol. The van der Waals surface area contributed by atoms with E-state index in [1.54, 1.807) is 0 Å². The molecule has 1 atom stereocenters. The summed E-state index contributed by atoms with van der Waals surface area (Å²) in [4.78, 5) is 22.4. The molecule has 4 heteroatoms. The SMILES string of the molecule is Cc1ccccc1C(C)(C)CNC(=O)C(C)C(=O)O. The summed E-state index contributed by atoms with van der Waals surface area (Å²) in [7, 11) is 0. The Kier molecular flexibility index (Phi) is 4.70. The lowest BCUT2D eigenvalue weighted by Gasteiger charge is -2.27. The van der Waals surface area contributed by atoms with Gasteiger partial charge in [-0.25, -0.2) is 0 Å². The average molecular weight is 263 g/mol. The van der Waals surface area contributed by atoms with Crippen molar-refractivity contribution in [2.75, 3.05) is 6.54 Å². The number of carboxylic acid groups (broad SMARTS) is 1. The number of carboxylic acids is 1. The average Bonchev–Trinajstić information content (AvgIpc) is 2.35. The van der Waals surface area contributed by atoms with E-state index in [1.807, 2.05) is 45.0 Å². The van der Waals surface area contributed by atoms with E-state index in [9.17, 15) is 9.59 Å². The van der Waals surface area contributed by atoms with Crippen LogP contribution in [0.5, 0.6) is 0 Å². The number of aliphatic carboxylic acids is 1. The standard InChI is InChI=1S/C15H21NO3/c1-10-7-5-6-8-12(10)15(3,4)9-16-13(17)11(2)14(18)19/h5-8,11H,9H2,1-4H3,(H,16,17)(H,18,19). The van der Waals surface area contributed by atoms with Crippen molar-refractivity contribution >= 4 is 11.9 Å². The van der Waals surface area contributed by atoms with E-state index in [2.05, 4.69) is 5.32 Å². The van der Waals surface area contributed by atoms with Gasteiger partial charge in [0.15, 0.2) is 0 Å². The van der Waals surface area contributed by atoms with Crippen LogP contribution in [0.1, 0.15) is 31.9 Å². The van der Waals surface area contributed by atoms with Crippen LogP contribution in [0.3, 0.4) is 0 Å². The molecule has 1 amide bonds. The normalized spacial score (nSPS) is 12.8. The third kappa shape index (κ3) is 3.81. The van der Waals surface area contributed by atoms with E-state index >= 15 is 0 Å². The molecule has 0 saturated carbocycles. The van der Waals surface area contributed by atoms with Crippen molar-refractivity contribution in [3.05, 3.63) is 35.4 Å². The molecule has 4 nitrogen and oxygen atoms in total. The topological polar surface area (TPSA) is 66.4 Å². The largest absolute Gasteiger partial charge is 0.481 e. The van der Waals surface area contributed by atoms with Crippen LogP contribution in [0.4, 0.5) is 0 Å². The molecule has 1 aromatic rings. The smallest absolute Gasteiger partial charge is 0.315 e. The van der Waals surface area contributed by atoms with E-state index in [0.717, 1.165) is 11.1 Å². The molecule has 0 heterocycles. The first-order chi connectivity index (χ1) is 8.75.